The first-order valence-electron chi connectivity index (χ1n) is 9.59. The van der Waals surface area contributed by atoms with Gasteiger partial charge < -0.3 is 16.0 Å². The summed E-state index contributed by atoms with van der Waals surface area (Å²) >= 11 is 0. The molecule has 0 saturated carbocycles. The number of amides is 2. The molecular weight excluding hydrogens is 362 g/mol. The molecule has 28 heavy (non-hydrogen) atoms. The topological polar surface area (TPSA) is 113 Å². The van der Waals surface area contributed by atoms with E-state index in [1.165, 1.54) is 5.06 Å². The van der Waals surface area contributed by atoms with Crippen LogP contribution in [0, 0.1) is 0 Å². The third kappa shape index (κ3) is 5.07. The van der Waals surface area contributed by atoms with Crippen LogP contribution in [0.25, 0.3) is 0 Å². The lowest BCUT2D eigenvalue weighted by atomic mass is 10.1. The first-order valence-corrected chi connectivity index (χ1v) is 9.59. The van der Waals surface area contributed by atoms with Crippen molar-refractivity contribution in [3.05, 3.63) is 45.0 Å². The Labute approximate surface area is 162 Å². The highest BCUT2D eigenvalue weighted by molar-refractivity contribution is 5.78. The zero-order chi connectivity index (χ0) is 19.8. The standard InChI is InChI=1S/C19H25N5O4/c25-17-15(16(18(17)26)23-14-6-10-20-11-7-14)21-8-2-1-3-9-22-19(27)24-12-4-5-13-28-24/h6-7,10-11,21H,1-5,8-9,12-13H2,(H,20,23)(H,22,27). The smallest absolute Gasteiger partial charge is 0.341 e. The summed E-state index contributed by atoms with van der Waals surface area (Å²) in [4.78, 5) is 44.6. The van der Waals surface area contributed by atoms with Crippen LogP contribution >= 0.6 is 0 Å². The summed E-state index contributed by atoms with van der Waals surface area (Å²) in [6, 6.07) is 3.27. The van der Waals surface area contributed by atoms with Gasteiger partial charge in [-0.25, -0.2) is 9.86 Å². The Kier molecular flexibility index (Phi) is 6.96. The van der Waals surface area contributed by atoms with Gasteiger partial charge in [0, 0.05) is 31.2 Å². The van der Waals surface area contributed by atoms with Crippen LogP contribution in [0.2, 0.25) is 0 Å². The number of rotatable bonds is 9. The second kappa shape index (κ2) is 9.84. The SMILES string of the molecule is O=C(NCCCCCNc1c(Nc2ccncc2)c(=O)c1=O)N1CCCCO1. The van der Waals surface area contributed by atoms with Crippen molar-refractivity contribution in [1.29, 1.82) is 0 Å². The van der Waals surface area contributed by atoms with E-state index in [-0.39, 0.29) is 6.03 Å². The van der Waals surface area contributed by atoms with Crippen molar-refractivity contribution in [1.82, 2.24) is 15.4 Å². The maximum Gasteiger partial charge on any atom is 0.341 e. The molecule has 0 radical (unpaired) electrons. The highest BCUT2D eigenvalue weighted by atomic mass is 16.7. The van der Waals surface area contributed by atoms with Crippen LogP contribution in [-0.4, -0.2) is 42.3 Å². The van der Waals surface area contributed by atoms with E-state index in [9.17, 15) is 14.4 Å². The fraction of sp³-hybridized carbons (Fsp3) is 0.474. The van der Waals surface area contributed by atoms with Crippen LogP contribution in [-0.2, 0) is 4.84 Å². The quantitative estimate of drug-likeness (QED) is 0.444. The van der Waals surface area contributed by atoms with Gasteiger partial charge in [-0.3, -0.25) is 19.4 Å². The summed E-state index contributed by atoms with van der Waals surface area (Å²) < 4.78 is 0. The van der Waals surface area contributed by atoms with Crippen molar-refractivity contribution in [2.75, 3.05) is 36.9 Å². The van der Waals surface area contributed by atoms with Gasteiger partial charge in [0.25, 0.3) is 10.9 Å². The van der Waals surface area contributed by atoms with E-state index in [2.05, 4.69) is 20.9 Å². The fourth-order valence-corrected chi connectivity index (χ4v) is 2.94. The van der Waals surface area contributed by atoms with Gasteiger partial charge in [0.2, 0.25) is 0 Å². The monoisotopic (exact) mass is 387 g/mol. The van der Waals surface area contributed by atoms with Crippen molar-refractivity contribution >= 4 is 23.1 Å². The molecule has 0 spiro atoms. The molecular formula is C19H25N5O4. The Morgan fingerprint density at radius 2 is 1.79 bits per heavy atom. The summed E-state index contributed by atoms with van der Waals surface area (Å²) in [5, 5.41) is 10.2. The van der Waals surface area contributed by atoms with Crippen LogP contribution in [0.5, 0.6) is 0 Å². The van der Waals surface area contributed by atoms with Crippen molar-refractivity contribution < 1.29 is 9.63 Å². The van der Waals surface area contributed by atoms with E-state index >= 15 is 0 Å². The van der Waals surface area contributed by atoms with Crippen LogP contribution < -0.4 is 26.8 Å². The van der Waals surface area contributed by atoms with Crippen molar-refractivity contribution in [3.8, 4) is 0 Å². The highest BCUT2D eigenvalue weighted by Gasteiger charge is 2.20. The van der Waals surface area contributed by atoms with E-state index in [1.54, 1.807) is 24.5 Å². The molecule has 1 aromatic heterocycles. The molecule has 9 nitrogen and oxygen atoms in total. The molecule has 3 rings (SSSR count). The number of carbonyl (C=O) groups excluding carboxylic acids is 1. The lowest BCUT2D eigenvalue weighted by Crippen LogP contribution is -2.43. The molecule has 1 saturated heterocycles. The van der Waals surface area contributed by atoms with Crippen LogP contribution in [0.15, 0.2) is 34.1 Å². The minimum absolute atomic E-state index is 0.187. The molecule has 2 aromatic rings. The number of hydrogen-bond acceptors (Lipinski definition) is 7. The number of nitrogens with one attached hydrogen (secondary N) is 3. The maximum absolute atomic E-state index is 11.9. The molecule has 0 bridgehead atoms. The average molecular weight is 387 g/mol. The molecule has 0 unspecified atom stereocenters. The third-order valence-corrected chi connectivity index (χ3v) is 4.52. The molecule has 1 aliphatic heterocycles. The van der Waals surface area contributed by atoms with Crippen molar-refractivity contribution in [2.45, 2.75) is 32.1 Å². The minimum atomic E-state index is -0.512. The Hall–Kier alpha value is -2.94. The number of hydrogen-bond donors (Lipinski definition) is 3. The van der Waals surface area contributed by atoms with Gasteiger partial charge in [0.1, 0.15) is 11.4 Å². The Morgan fingerprint density at radius 1 is 1.04 bits per heavy atom. The van der Waals surface area contributed by atoms with E-state index in [4.69, 9.17) is 4.84 Å². The lowest BCUT2D eigenvalue weighted by Gasteiger charge is -2.25. The molecule has 2 amide bonds. The molecule has 150 valence electrons. The number of nitrogens with zero attached hydrogens (tertiary/aromatic N) is 2. The van der Waals surface area contributed by atoms with E-state index in [1.807, 2.05) is 0 Å². The van der Waals surface area contributed by atoms with Gasteiger partial charge in [-0.15, -0.1) is 0 Å². The molecule has 1 aromatic carbocycles. The molecule has 3 N–H and O–H groups in total. The van der Waals surface area contributed by atoms with Gasteiger partial charge in [0.05, 0.1) is 13.2 Å². The first kappa shape index (κ1) is 19.8. The largest absolute Gasteiger partial charge is 0.380 e. The zero-order valence-electron chi connectivity index (χ0n) is 15.7. The molecule has 2 heterocycles. The van der Waals surface area contributed by atoms with Gasteiger partial charge in [-0.05, 0) is 44.2 Å². The van der Waals surface area contributed by atoms with Gasteiger partial charge in [-0.1, -0.05) is 0 Å². The Morgan fingerprint density at radius 3 is 2.54 bits per heavy atom. The molecule has 9 heteroatoms. The number of pyridine rings is 1. The summed E-state index contributed by atoms with van der Waals surface area (Å²) in [7, 11) is 0. The molecule has 1 fully saturated rings. The normalized spacial score (nSPS) is 14.1. The van der Waals surface area contributed by atoms with Crippen molar-refractivity contribution in [2.24, 2.45) is 0 Å². The molecule has 0 atom stereocenters. The van der Waals surface area contributed by atoms with Crippen molar-refractivity contribution in [3.63, 3.8) is 0 Å². The second-order valence-electron chi connectivity index (χ2n) is 6.63. The lowest BCUT2D eigenvalue weighted by molar-refractivity contribution is -0.139. The highest BCUT2D eigenvalue weighted by Crippen LogP contribution is 2.19. The predicted octanol–water partition coefficient (Wildman–Crippen LogP) is 1.74. The first-order chi connectivity index (χ1) is 13.7. The number of urea groups is 1. The van der Waals surface area contributed by atoms with Crippen LogP contribution in [0.4, 0.5) is 21.9 Å². The fourth-order valence-electron chi connectivity index (χ4n) is 2.94. The summed E-state index contributed by atoms with van der Waals surface area (Å²) in [6.07, 6.45) is 7.71. The zero-order valence-corrected chi connectivity index (χ0v) is 15.7. The Bertz CT molecular complexity index is 842. The third-order valence-electron chi connectivity index (χ3n) is 4.52. The Balaban J connectivity index is 1.32. The summed E-state index contributed by atoms with van der Waals surface area (Å²) in [5.41, 5.74) is 0.327. The minimum Gasteiger partial charge on any atom is -0.380 e. The number of hydroxylamine groups is 2. The number of carbonyl (C=O) groups is 1. The van der Waals surface area contributed by atoms with Gasteiger partial charge in [0.15, 0.2) is 0 Å². The number of unbranched alkanes of at least 4 members (excludes halogenated alkanes) is 2. The van der Waals surface area contributed by atoms with E-state index in [0.717, 1.165) is 32.1 Å². The maximum atomic E-state index is 11.9. The van der Waals surface area contributed by atoms with Crippen LogP contribution in [0.3, 0.4) is 0 Å². The van der Waals surface area contributed by atoms with E-state index in [0.29, 0.717) is 43.3 Å². The van der Waals surface area contributed by atoms with Gasteiger partial charge in [-0.2, -0.15) is 0 Å². The number of anilines is 3. The summed E-state index contributed by atoms with van der Waals surface area (Å²) in [6.45, 7) is 2.38. The number of aromatic nitrogens is 1. The van der Waals surface area contributed by atoms with Crippen LogP contribution in [0.1, 0.15) is 32.1 Å². The summed E-state index contributed by atoms with van der Waals surface area (Å²) in [5.74, 6) is 0. The average Bonchev–Trinajstić information content (AvgIpc) is 2.75. The van der Waals surface area contributed by atoms with E-state index < -0.39 is 10.9 Å². The molecule has 1 aliphatic rings. The second-order valence-corrected chi connectivity index (χ2v) is 6.63. The molecule has 0 aliphatic carbocycles. The predicted molar refractivity (Wildman–Crippen MR) is 107 cm³/mol. The van der Waals surface area contributed by atoms with Gasteiger partial charge >= 0.3 is 6.03 Å².